The normalized spacial score (nSPS) is 13.5. The van der Waals surface area contributed by atoms with Gasteiger partial charge in [0.1, 0.15) is 0 Å². The van der Waals surface area contributed by atoms with Crippen LogP contribution in [0.5, 0.6) is 0 Å². The fourth-order valence-corrected chi connectivity index (χ4v) is 3.41. The van der Waals surface area contributed by atoms with Gasteiger partial charge in [0.05, 0.1) is 17.4 Å². The van der Waals surface area contributed by atoms with Crippen LogP contribution in [0.3, 0.4) is 0 Å². The van der Waals surface area contributed by atoms with Crippen LogP contribution in [0.1, 0.15) is 33.8 Å². The molecule has 0 atom stereocenters. The molecule has 0 unspecified atom stereocenters. The van der Waals surface area contributed by atoms with Crippen molar-refractivity contribution < 1.29 is 9.59 Å². The zero-order chi connectivity index (χ0) is 20.8. The van der Waals surface area contributed by atoms with E-state index in [0.29, 0.717) is 33.9 Å². The zero-order valence-electron chi connectivity index (χ0n) is 16.5. The van der Waals surface area contributed by atoms with Gasteiger partial charge in [-0.1, -0.05) is 18.2 Å². The molecule has 30 heavy (non-hydrogen) atoms. The summed E-state index contributed by atoms with van der Waals surface area (Å²) in [5.74, 6) is -0.0447. The molecule has 10 heteroatoms. The summed E-state index contributed by atoms with van der Waals surface area (Å²) >= 11 is 0. The molecule has 3 aromatic heterocycles. The number of hydrogen-bond acceptors (Lipinski definition) is 6. The molecule has 1 aliphatic rings. The van der Waals surface area contributed by atoms with Gasteiger partial charge < -0.3 is 16.0 Å². The molecule has 1 aromatic carbocycles. The van der Waals surface area contributed by atoms with Gasteiger partial charge in [-0.3, -0.25) is 9.59 Å². The minimum atomic E-state index is -0.285. The molecule has 1 saturated carbocycles. The highest BCUT2D eigenvalue weighted by atomic mass is 16.2. The first-order chi connectivity index (χ1) is 14.6. The van der Waals surface area contributed by atoms with Crippen LogP contribution in [-0.4, -0.2) is 56.3 Å². The van der Waals surface area contributed by atoms with E-state index < -0.39 is 0 Å². The molecule has 0 spiro atoms. The zero-order valence-corrected chi connectivity index (χ0v) is 16.5. The number of amides is 2. The quantitative estimate of drug-likeness (QED) is 0.462. The van der Waals surface area contributed by atoms with E-state index in [1.807, 2.05) is 24.3 Å². The van der Waals surface area contributed by atoms with Crippen LogP contribution in [0.4, 0.5) is 5.69 Å². The van der Waals surface area contributed by atoms with Crippen LogP contribution in [0.2, 0.25) is 0 Å². The number of para-hydroxylation sites is 1. The highest BCUT2D eigenvalue weighted by Crippen LogP contribution is 2.25. The van der Waals surface area contributed by atoms with Crippen molar-refractivity contribution in [2.75, 3.05) is 19.4 Å². The number of imidazole rings is 1. The van der Waals surface area contributed by atoms with Gasteiger partial charge in [-0.15, -0.1) is 5.10 Å². The van der Waals surface area contributed by atoms with E-state index in [9.17, 15) is 9.59 Å². The average Bonchev–Trinajstić information content (AvgIpc) is 3.34. The number of hydrogen-bond donors (Lipinski definition) is 3. The number of aromatic nitrogens is 5. The van der Waals surface area contributed by atoms with Gasteiger partial charge in [-0.25, -0.2) is 14.2 Å². The molecular weight excluding hydrogens is 384 g/mol. The number of benzene rings is 1. The van der Waals surface area contributed by atoms with Crippen molar-refractivity contribution in [3.8, 4) is 5.82 Å². The predicted octanol–water partition coefficient (Wildman–Crippen LogP) is 1.36. The van der Waals surface area contributed by atoms with Crippen molar-refractivity contribution in [1.82, 2.24) is 35.0 Å². The molecule has 0 radical (unpaired) electrons. The Morgan fingerprint density at radius 2 is 1.90 bits per heavy atom. The van der Waals surface area contributed by atoms with E-state index in [2.05, 4.69) is 31.1 Å². The first kappa shape index (κ1) is 18.1. The van der Waals surface area contributed by atoms with Crippen molar-refractivity contribution in [1.29, 1.82) is 0 Å². The van der Waals surface area contributed by atoms with E-state index in [1.165, 1.54) is 10.7 Å². The van der Waals surface area contributed by atoms with Crippen molar-refractivity contribution >= 4 is 34.1 Å². The number of carbonyl (C=O) groups is 2. The van der Waals surface area contributed by atoms with E-state index >= 15 is 0 Å². The second-order valence-corrected chi connectivity index (χ2v) is 7.15. The molecule has 10 nitrogen and oxygen atoms in total. The molecule has 0 bridgehead atoms. The van der Waals surface area contributed by atoms with Gasteiger partial charge >= 0.3 is 0 Å². The minimum Gasteiger partial charge on any atom is -0.385 e. The van der Waals surface area contributed by atoms with E-state index in [0.717, 1.165) is 18.4 Å². The van der Waals surface area contributed by atoms with E-state index in [-0.39, 0.29) is 17.9 Å². The number of nitrogens with zero attached hydrogens (tertiary/aromatic N) is 5. The highest BCUT2D eigenvalue weighted by Gasteiger charge is 2.26. The summed E-state index contributed by atoms with van der Waals surface area (Å²) in [4.78, 5) is 29.4. The van der Waals surface area contributed by atoms with Gasteiger partial charge in [0.2, 0.25) is 0 Å². The summed E-state index contributed by atoms with van der Waals surface area (Å²) in [6.45, 7) is 0. The molecule has 3 heterocycles. The fourth-order valence-electron chi connectivity index (χ4n) is 3.41. The summed E-state index contributed by atoms with van der Waals surface area (Å²) in [7, 11) is 3.34. The first-order valence-corrected chi connectivity index (χ1v) is 9.68. The Balaban J connectivity index is 1.71. The SMILES string of the molecule is CNC(=O)c1nn(-c2cc(NC)c3ncc(C(=O)NC4CC4)n3n2)c2ccccc12. The maximum absolute atomic E-state index is 12.7. The lowest BCUT2D eigenvalue weighted by Gasteiger charge is -2.09. The van der Waals surface area contributed by atoms with Crippen LogP contribution >= 0.6 is 0 Å². The number of rotatable bonds is 5. The van der Waals surface area contributed by atoms with E-state index in [4.69, 9.17) is 0 Å². The Morgan fingerprint density at radius 1 is 1.10 bits per heavy atom. The molecule has 1 fully saturated rings. The van der Waals surface area contributed by atoms with Crippen molar-refractivity contribution in [3.63, 3.8) is 0 Å². The Hall–Kier alpha value is -3.95. The lowest BCUT2D eigenvalue weighted by molar-refractivity contribution is 0.0940. The number of anilines is 1. The molecule has 152 valence electrons. The predicted molar refractivity (Wildman–Crippen MR) is 111 cm³/mol. The lowest BCUT2D eigenvalue weighted by Crippen LogP contribution is -2.27. The van der Waals surface area contributed by atoms with Crippen LogP contribution in [0.25, 0.3) is 22.4 Å². The molecule has 0 aliphatic heterocycles. The Labute approximate surface area is 171 Å². The van der Waals surface area contributed by atoms with Crippen molar-refractivity contribution in [2.24, 2.45) is 0 Å². The maximum Gasteiger partial charge on any atom is 0.272 e. The lowest BCUT2D eigenvalue weighted by atomic mass is 10.2. The fraction of sp³-hybridized carbons (Fsp3) is 0.250. The first-order valence-electron chi connectivity index (χ1n) is 9.68. The molecule has 2 amide bonds. The average molecular weight is 404 g/mol. The topological polar surface area (TPSA) is 118 Å². The van der Waals surface area contributed by atoms with Gasteiger partial charge in [-0.2, -0.15) is 5.10 Å². The van der Waals surface area contributed by atoms with Crippen LogP contribution in [-0.2, 0) is 0 Å². The number of nitrogens with one attached hydrogen (secondary N) is 3. The molecule has 3 N–H and O–H groups in total. The van der Waals surface area contributed by atoms with Gasteiger partial charge in [0.25, 0.3) is 11.8 Å². The van der Waals surface area contributed by atoms with Crippen LogP contribution in [0, 0.1) is 0 Å². The molecule has 1 aliphatic carbocycles. The second kappa shape index (κ2) is 6.83. The van der Waals surface area contributed by atoms with Gasteiger partial charge in [-0.05, 0) is 18.9 Å². The Kier molecular flexibility index (Phi) is 4.12. The number of carbonyl (C=O) groups excluding carboxylic acids is 2. The molecule has 4 aromatic rings. The second-order valence-electron chi connectivity index (χ2n) is 7.15. The highest BCUT2D eigenvalue weighted by molar-refractivity contribution is 6.05. The van der Waals surface area contributed by atoms with Crippen LogP contribution < -0.4 is 16.0 Å². The Morgan fingerprint density at radius 3 is 2.63 bits per heavy atom. The van der Waals surface area contributed by atoms with Gasteiger partial charge in [0.15, 0.2) is 22.9 Å². The van der Waals surface area contributed by atoms with Crippen LogP contribution in [0.15, 0.2) is 36.5 Å². The third kappa shape index (κ3) is 2.84. The minimum absolute atomic E-state index is 0.215. The smallest absolute Gasteiger partial charge is 0.272 e. The standard InChI is InChI=1S/C20H20N8O2/c1-21-13-9-16(25-28-15(10-23-18(13)28)19(29)24-11-7-8-11)27-14-6-4-3-5-12(14)17(26-27)20(30)22-2/h3-6,9-11,21H,7-8H2,1-2H3,(H,22,30)(H,24,29). The summed E-state index contributed by atoms with van der Waals surface area (Å²) in [5, 5.41) is 18.5. The van der Waals surface area contributed by atoms with Gasteiger partial charge in [0, 0.05) is 31.6 Å². The summed E-state index contributed by atoms with van der Waals surface area (Å²) in [6.07, 6.45) is 3.50. The van der Waals surface area contributed by atoms with Crippen molar-refractivity contribution in [2.45, 2.75) is 18.9 Å². The molecule has 0 saturated heterocycles. The third-order valence-electron chi connectivity index (χ3n) is 5.12. The van der Waals surface area contributed by atoms with Crippen molar-refractivity contribution in [3.05, 3.63) is 47.9 Å². The van der Waals surface area contributed by atoms with E-state index in [1.54, 1.807) is 24.8 Å². The largest absolute Gasteiger partial charge is 0.385 e. The Bertz CT molecular complexity index is 1300. The maximum atomic E-state index is 12.7. The summed E-state index contributed by atoms with van der Waals surface area (Å²) in [6, 6.07) is 9.45. The molecular formula is C20H20N8O2. The number of fused-ring (bicyclic) bond motifs is 2. The summed E-state index contributed by atoms with van der Waals surface area (Å²) < 4.78 is 3.11. The third-order valence-corrected chi connectivity index (χ3v) is 5.12. The monoisotopic (exact) mass is 404 g/mol. The summed E-state index contributed by atoms with van der Waals surface area (Å²) in [5.41, 5.74) is 2.60. The molecule has 5 rings (SSSR count).